The Morgan fingerprint density at radius 2 is 2.18 bits per heavy atom. The van der Waals surface area contributed by atoms with Crippen LogP contribution in [0.1, 0.15) is 6.92 Å². The zero-order valence-corrected chi connectivity index (χ0v) is 9.38. The molecule has 2 unspecified atom stereocenters. The number of nitrogens with one attached hydrogen (secondary N) is 1. The Hall–Kier alpha value is -1.83. The summed E-state index contributed by atoms with van der Waals surface area (Å²) in [5.41, 5.74) is 4.90. The molecule has 0 saturated carbocycles. The maximum absolute atomic E-state index is 11.8. The molecule has 0 spiro atoms. The topological polar surface area (TPSA) is 122 Å². The number of carboxylic acid groups (broad SMARTS) is 1. The quantitative estimate of drug-likeness (QED) is 0.550. The Morgan fingerprint density at radius 1 is 1.53 bits per heavy atom. The SMILES string of the molecule is CC(NC(N)=O)C(=O)N1CCOC(C(=O)O)C1. The number of urea groups is 1. The van der Waals surface area contributed by atoms with Gasteiger partial charge in [0.05, 0.1) is 13.2 Å². The third kappa shape index (κ3) is 3.59. The maximum Gasteiger partial charge on any atom is 0.334 e. The van der Waals surface area contributed by atoms with E-state index >= 15 is 0 Å². The van der Waals surface area contributed by atoms with Crippen molar-refractivity contribution in [1.82, 2.24) is 10.2 Å². The summed E-state index contributed by atoms with van der Waals surface area (Å²) in [5.74, 6) is -1.49. The molecule has 1 saturated heterocycles. The van der Waals surface area contributed by atoms with Crippen molar-refractivity contribution >= 4 is 17.9 Å². The molecule has 0 aromatic carbocycles. The molecule has 4 N–H and O–H groups in total. The van der Waals surface area contributed by atoms with Crippen molar-refractivity contribution in [2.24, 2.45) is 5.73 Å². The van der Waals surface area contributed by atoms with E-state index in [1.165, 1.54) is 11.8 Å². The van der Waals surface area contributed by atoms with Gasteiger partial charge in [-0.3, -0.25) is 4.79 Å². The number of nitrogens with two attached hydrogens (primary N) is 1. The molecule has 1 rings (SSSR count). The first kappa shape index (κ1) is 13.2. The normalized spacial score (nSPS) is 21.7. The minimum absolute atomic E-state index is 0.0288. The number of ether oxygens (including phenoxy) is 1. The van der Waals surface area contributed by atoms with Crippen molar-refractivity contribution in [3.8, 4) is 0 Å². The summed E-state index contributed by atoms with van der Waals surface area (Å²) in [6.45, 7) is 1.91. The molecule has 17 heavy (non-hydrogen) atoms. The molecule has 8 nitrogen and oxygen atoms in total. The number of carboxylic acids is 1. The van der Waals surface area contributed by atoms with E-state index in [1.54, 1.807) is 0 Å². The molecule has 1 aliphatic heterocycles. The lowest BCUT2D eigenvalue weighted by Crippen LogP contribution is -2.54. The van der Waals surface area contributed by atoms with Crippen LogP contribution in [-0.4, -0.2) is 59.8 Å². The Morgan fingerprint density at radius 3 is 2.71 bits per heavy atom. The second-order valence-electron chi connectivity index (χ2n) is 3.71. The van der Waals surface area contributed by atoms with Gasteiger partial charge in [-0.25, -0.2) is 9.59 Å². The molecule has 3 amide bonds. The molecule has 0 bridgehead atoms. The molecular formula is C9H15N3O5. The fourth-order valence-corrected chi connectivity index (χ4v) is 1.55. The molecule has 0 radical (unpaired) electrons. The zero-order chi connectivity index (χ0) is 13.0. The summed E-state index contributed by atoms with van der Waals surface area (Å²) >= 11 is 0. The molecule has 0 aromatic heterocycles. The van der Waals surface area contributed by atoms with Crippen LogP contribution in [0.3, 0.4) is 0 Å². The third-order valence-electron chi connectivity index (χ3n) is 2.38. The average molecular weight is 245 g/mol. The van der Waals surface area contributed by atoms with E-state index in [2.05, 4.69) is 5.32 Å². The number of carbonyl (C=O) groups is 3. The first-order chi connectivity index (χ1) is 7.91. The van der Waals surface area contributed by atoms with Crippen LogP contribution in [0.4, 0.5) is 4.79 Å². The Bertz CT molecular complexity index is 333. The Balaban J connectivity index is 2.57. The number of primary amides is 1. The van der Waals surface area contributed by atoms with Gasteiger partial charge >= 0.3 is 12.0 Å². The minimum Gasteiger partial charge on any atom is -0.479 e. The van der Waals surface area contributed by atoms with Gasteiger partial charge < -0.3 is 25.8 Å². The third-order valence-corrected chi connectivity index (χ3v) is 2.38. The van der Waals surface area contributed by atoms with Gasteiger partial charge in [0.15, 0.2) is 6.10 Å². The first-order valence-electron chi connectivity index (χ1n) is 5.11. The second kappa shape index (κ2) is 5.48. The van der Waals surface area contributed by atoms with Gasteiger partial charge in [0.1, 0.15) is 6.04 Å². The molecular weight excluding hydrogens is 230 g/mol. The van der Waals surface area contributed by atoms with Crippen molar-refractivity contribution < 1.29 is 24.2 Å². The summed E-state index contributed by atoms with van der Waals surface area (Å²) in [6, 6.07) is -1.58. The van der Waals surface area contributed by atoms with E-state index in [9.17, 15) is 14.4 Å². The van der Waals surface area contributed by atoms with Crippen molar-refractivity contribution in [1.29, 1.82) is 0 Å². The number of rotatable bonds is 3. The van der Waals surface area contributed by atoms with Gasteiger partial charge in [0, 0.05) is 6.54 Å². The van der Waals surface area contributed by atoms with Crippen LogP contribution < -0.4 is 11.1 Å². The van der Waals surface area contributed by atoms with Crippen LogP contribution in [-0.2, 0) is 14.3 Å². The molecule has 2 atom stereocenters. The van der Waals surface area contributed by atoms with Gasteiger partial charge in [-0.15, -0.1) is 0 Å². The summed E-state index contributed by atoms with van der Waals surface area (Å²) in [4.78, 5) is 34.5. The lowest BCUT2D eigenvalue weighted by atomic mass is 10.2. The van der Waals surface area contributed by atoms with Gasteiger partial charge in [-0.2, -0.15) is 0 Å². The second-order valence-corrected chi connectivity index (χ2v) is 3.71. The highest BCUT2D eigenvalue weighted by atomic mass is 16.5. The highest BCUT2D eigenvalue weighted by Gasteiger charge is 2.31. The van der Waals surface area contributed by atoms with E-state index in [1.807, 2.05) is 0 Å². The van der Waals surface area contributed by atoms with Crippen molar-refractivity contribution in [3.63, 3.8) is 0 Å². The Kier molecular flexibility index (Phi) is 4.27. The van der Waals surface area contributed by atoms with Crippen molar-refractivity contribution in [3.05, 3.63) is 0 Å². The zero-order valence-electron chi connectivity index (χ0n) is 9.38. The predicted molar refractivity (Wildman–Crippen MR) is 56.1 cm³/mol. The largest absolute Gasteiger partial charge is 0.479 e. The lowest BCUT2D eigenvalue weighted by Gasteiger charge is -2.32. The molecule has 0 aromatic rings. The lowest BCUT2D eigenvalue weighted by molar-refractivity contribution is -0.159. The van der Waals surface area contributed by atoms with Crippen molar-refractivity contribution in [2.75, 3.05) is 19.7 Å². The summed E-state index contributed by atoms with van der Waals surface area (Å²) < 4.78 is 4.98. The number of carbonyl (C=O) groups excluding carboxylic acids is 2. The van der Waals surface area contributed by atoms with E-state index < -0.39 is 24.1 Å². The number of nitrogens with zero attached hydrogens (tertiary/aromatic N) is 1. The van der Waals surface area contributed by atoms with Crippen molar-refractivity contribution in [2.45, 2.75) is 19.1 Å². The number of hydrogen-bond donors (Lipinski definition) is 3. The smallest absolute Gasteiger partial charge is 0.334 e. The number of aliphatic carboxylic acids is 1. The highest BCUT2D eigenvalue weighted by molar-refractivity contribution is 5.86. The fraction of sp³-hybridized carbons (Fsp3) is 0.667. The monoisotopic (exact) mass is 245 g/mol. The van der Waals surface area contributed by atoms with E-state index in [0.717, 1.165) is 0 Å². The maximum atomic E-state index is 11.8. The van der Waals surface area contributed by atoms with E-state index in [0.29, 0.717) is 6.54 Å². The van der Waals surface area contributed by atoms with Crippen LogP contribution in [0.2, 0.25) is 0 Å². The van der Waals surface area contributed by atoms with E-state index in [4.69, 9.17) is 15.6 Å². The summed E-state index contributed by atoms with van der Waals surface area (Å²) in [5, 5.41) is 11.0. The van der Waals surface area contributed by atoms with Crippen LogP contribution in [0.5, 0.6) is 0 Å². The molecule has 0 aliphatic carbocycles. The van der Waals surface area contributed by atoms with Crippen LogP contribution in [0.15, 0.2) is 0 Å². The van der Waals surface area contributed by atoms with Gasteiger partial charge in [-0.05, 0) is 6.92 Å². The Labute approximate surface area is 97.7 Å². The standard InChI is InChI=1S/C9H15N3O5/c1-5(11-9(10)16)7(13)12-2-3-17-6(4-12)8(14)15/h5-6H,2-4H2,1H3,(H,14,15)(H3,10,11,16). The molecule has 96 valence electrons. The minimum atomic E-state index is -1.11. The predicted octanol–water partition coefficient (Wildman–Crippen LogP) is -1.64. The summed E-state index contributed by atoms with van der Waals surface area (Å²) in [7, 11) is 0. The number of hydrogen-bond acceptors (Lipinski definition) is 4. The molecule has 1 fully saturated rings. The van der Waals surface area contributed by atoms with Crippen LogP contribution in [0, 0.1) is 0 Å². The van der Waals surface area contributed by atoms with Crippen LogP contribution >= 0.6 is 0 Å². The van der Waals surface area contributed by atoms with E-state index in [-0.39, 0.29) is 19.1 Å². The molecule has 1 aliphatic rings. The van der Waals surface area contributed by atoms with Gasteiger partial charge in [0.25, 0.3) is 0 Å². The highest BCUT2D eigenvalue weighted by Crippen LogP contribution is 2.07. The van der Waals surface area contributed by atoms with Crippen LogP contribution in [0.25, 0.3) is 0 Å². The van der Waals surface area contributed by atoms with Gasteiger partial charge in [0.2, 0.25) is 5.91 Å². The average Bonchev–Trinajstić information content (AvgIpc) is 2.27. The number of amides is 3. The molecule has 8 heteroatoms. The fourth-order valence-electron chi connectivity index (χ4n) is 1.55. The number of morpholine rings is 1. The first-order valence-corrected chi connectivity index (χ1v) is 5.11. The summed E-state index contributed by atoms with van der Waals surface area (Å²) in [6.07, 6.45) is -1.02. The molecule has 1 heterocycles. The van der Waals surface area contributed by atoms with Gasteiger partial charge in [-0.1, -0.05) is 0 Å².